The Hall–Kier alpha value is -1.83. The summed E-state index contributed by atoms with van der Waals surface area (Å²) in [5, 5.41) is 3.71. The molecule has 2 aromatic rings. The number of nitrogens with one attached hydrogen (secondary N) is 1. The van der Waals surface area contributed by atoms with E-state index in [9.17, 15) is 0 Å². The Balaban J connectivity index is 1.94. The second-order valence-corrected chi connectivity index (χ2v) is 6.79. The van der Waals surface area contributed by atoms with Crippen LogP contribution in [0.1, 0.15) is 55.2 Å². The lowest BCUT2D eigenvalue weighted by atomic mass is 9.71. The van der Waals surface area contributed by atoms with Gasteiger partial charge in [-0.1, -0.05) is 38.1 Å². The number of benzene rings is 1. The van der Waals surface area contributed by atoms with Crippen LogP contribution in [0, 0.1) is 13.8 Å². The van der Waals surface area contributed by atoms with Gasteiger partial charge in [0, 0.05) is 5.69 Å². The Morgan fingerprint density at radius 1 is 1.10 bits per heavy atom. The first-order chi connectivity index (χ1) is 9.97. The van der Waals surface area contributed by atoms with Crippen molar-refractivity contribution in [3.63, 3.8) is 0 Å². The number of pyridine rings is 1. The summed E-state index contributed by atoms with van der Waals surface area (Å²) in [4.78, 5) is 4.56. The Morgan fingerprint density at radius 2 is 1.86 bits per heavy atom. The van der Waals surface area contributed by atoms with Crippen molar-refractivity contribution in [3.8, 4) is 0 Å². The topological polar surface area (TPSA) is 24.9 Å². The first-order valence-electron chi connectivity index (χ1n) is 7.77. The number of aryl methyl sites for hydroxylation is 2. The van der Waals surface area contributed by atoms with Crippen molar-refractivity contribution in [2.24, 2.45) is 0 Å². The fourth-order valence-corrected chi connectivity index (χ4v) is 3.39. The van der Waals surface area contributed by atoms with Crippen LogP contribution in [-0.2, 0) is 5.41 Å². The maximum absolute atomic E-state index is 4.56. The van der Waals surface area contributed by atoms with Crippen molar-refractivity contribution in [2.75, 3.05) is 5.32 Å². The number of hydrogen-bond donors (Lipinski definition) is 1. The molecule has 1 atom stereocenters. The summed E-state index contributed by atoms with van der Waals surface area (Å²) >= 11 is 0. The number of rotatable bonds is 2. The second kappa shape index (κ2) is 5.18. The lowest BCUT2D eigenvalue weighted by Gasteiger charge is -2.37. The average molecular weight is 280 g/mol. The molecule has 2 nitrogen and oxygen atoms in total. The van der Waals surface area contributed by atoms with E-state index in [1.54, 1.807) is 0 Å². The molecule has 0 saturated carbocycles. The van der Waals surface area contributed by atoms with Crippen molar-refractivity contribution in [1.82, 2.24) is 4.98 Å². The number of fused-ring (bicyclic) bond motifs is 1. The van der Waals surface area contributed by atoms with Crippen LogP contribution in [-0.4, -0.2) is 4.98 Å². The van der Waals surface area contributed by atoms with Crippen molar-refractivity contribution >= 4 is 5.69 Å². The minimum Gasteiger partial charge on any atom is -0.377 e. The number of nitrogens with zero attached hydrogens (tertiary/aromatic N) is 1. The van der Waals surface area contributed by atoms with Crippen LogP contribution in [0.4, 0.5) is 5.69 Å². The minimum absolute atomic E-state index is 0.273. The van der Waals surface area contributed by atoms with E-state index in [2.05, 4.69) is 67.5 Å². The third-order valence-electron chi connectivity index (χ3n) is 4.68. The van der Waals surface area contributed by atoms with E-state index in [4.69, 9.17) is 0 Å². The Bertz CT molecular complexity index is 658. The van der Waals surface area contributed by atoms with Crippen molar-refractivity contribution in [3.05, 3.63) is 58.9 Å². The first-order valence-corrected chi connectivity index (χ1v) is 7.77. The van der Waals surface area contributed by atoms with E-state index in [1.165, 1.54) is 17.5 Å². The summed E-state index contributed by atoms with van der Waals surface area (Å²) in [7, 11) is 0. The van der Waals surface area contributed by atoms with Crippen LogP contribution >= 0.6 is 0 Å². The molecular weight excluding hydrogens is 256 g/mol. The molecule has 1 aromatic carbocycles. The monoisotopic (exact) mass is 280 g/mol. The van der Waals surface area contributed by atoms with Crippen LogP contribution < -0.4 is 5.32 Å². The molecule has 110 valence electrons. The maximum atomic E-state index is 4.56. The van der Waals surface area contributed by atoms with Gasteiger partial charge in [-0.05, 0) is 55.4 Å². The van der Waals surface area contributed by atoms with Gasteiger partial charge in [-0.15, -0.1) is 0 Å². The van der Waals surface area contributed by atoms with Gasteiger partial charge in [0.05, 0.1) is 17.4 Å². The summed E-state index contributed by atoms with van der Waals surface area (Å²) < 4.78 is 0. The molecule has 0 radical (unpaired) electrons. The molecule has 3 rings (SSSR count). The van der Waals surface area contributed by atoms with Gasteiger partial charge in [-0.3, -0.25) is 4.98 Å². The van der Waals surface area contributed by atoms with Gasteiger partial charge in [0.2, 0.25) is 0 Å². The van der Waals surface area contributed by atoms with Gasteiger partial charge in [0.25, 0.3) is 0 Å². The number of aromatic nitrogens is 1. The molecule has 21 heavy (non-hydrogen) atoms. The highest BCUT2D eigenvalue weighted by molar-refractivity contribution is 5.51. The lowest BCUT2D eigenvalue weighted by Crippen LogP contribution is -2.29. The van der Waals surface area contributed by atoms with Crippen LogP contribution in [0.3, 0.4) is 0 Å². The summed E-state index contributed by atoms with van der Waals surface area (Å²) in [6.07, 6.45) is 2.37. The van der Waals surface area contributed by atoms with E-state index < -0.39 is 0 Å². The summed E-state index contributed by atoms with van der Waals surface area (Å²) in [6.45, 7) is 8.81. The Labute approximate surface area is 127 Å². The molecule has 1 aromatic heterocycles. The van der Waals surface area contributed by atoms with Gasteiger partial charge in [-0.2, -0.15) is 0 Å². The van der Waals surface area contributed by atoms with Crippen molar-refractivity contribution < 1.29 is 0 Å². The molecule has 0 saturated heterocycles. The standard InChI is InChI=1S/C19H24N2/c1-13-9-10-17(14(2)20-13)21-18-11-12-19(3,4)16-8-6-5-7-15(16)18/h5-10,18,21H,11-12H2,1-4H3. The van der Waals surface area contributed by atoms with Crippen molar-refractivity contribution in [2.45, 2.75) is 52.0 Å². The Kier molecular flexibility index (Phi) is 3.48. The van der Waals surface area contributed by atoms with E-state index in [0.29, 0.717) is 6.04 Å². The predicted molar refractivity (Wildman–Crippen MR) is 88.8 cm³/mol. The van der Waals surface area contributed by atoms with E-state index in [-0.39, 0.29) is 5.41 Å². The van der Waals surface area contributed by atoms with Gasteiger partial charge >= 0.3 is 0 Å². The smallest absolute Gasteiger partial charge is 0.0607 e. The van der Waals surface area contributed by atoms with Gasteiger partial charge in [0.15, 0.2) is 0 Å². The highest BCUT2D eigenvalue weighted by Gasteiger charge is 2.32. The van der Waals surface area contributed by atoms with Crippen LogP contribution in [0.2, 0.25) is 0 Å². The molecular formula is C19H24N2. The highest BCUT2D eigenvalue weighted by Crippen LogP contribution is 2.42. The molecule has 0 fully saturated rings. The zero-order valence-electron chi connectivity index (χ0n) is 13.4. The van der Waals surface area contributed by atoms with Crippen molar-refractivity contribution in [1.29, 1.82) is 0 Å². The summed E-state index contributed by atoms with van der Waals surface area (Å²) in [5.74, 6) is 0. The van der Waals surface area contributed by atoms with E-state index >= 15 is 0 Å². The van der Waals surface area contributed by atoms with Crippen LogP contribution in [0.25, 0.3) is 0 Å². The predicted octanol–water partition coefficient (Wildman–Crippen LogP) is 4.92. The third kappa shape index (κ3) is 2.67. The van der Waals surface area contributed by atoms with Gasteiger partial charge in [0.1, 0.15) is 0 Å². The molecule has 1 unspecified atom stereocenters. The zero-order chi connectivity index (χ0) is 15.0. The molecule has 0 aliphatic heterocycles. The molecule has 0 spiro atoms. The van der Waals surface area contributed by atoms with E-state index in [1.807, 2.05) is 6.92 Å². The molecule has 1 N–H and O–H groups in total. The molecule has 2 heteroatoms. The number of anilines is 1. The highest BCUT2D eigenvalue weighted by atomic mass is 14.9. The van der Waals surface area contributed by atoms with Gasteiger partial charge in [-0.25, -0.2) is 0 Å². The summed E-state index contributed by atoms with van der Waals surface area (Å²) in [6, 6.07) is 13.5. The molecule has 0 bridgehead atoms. The quantitative estimate of drug-likeness (QED) is 0.844. The molecule has 1 aliphatic carbocycles. The van der Waals surface area contributed by atoms with E-state index in [0.717, 1.165) is 23.5 Å². The normalized spacial score (nSPS) is 19.9. The molecule has 0 amide bonds. The fourth-order valence-electron chi connectivity index (χ4n) is 3.39. The largest absolute Gasteiger partial charge is 0.377 e. The minimum atomic E-state index is 0.273. The van der Waals surface area contributed by atoms with Crippen LogP contribution in [0.15, 0.2) is 36.4 Å². The lowest BCUT2D eigenvalue weighted by molar-refractivity contribution is 0.406. The molecule has 1 heterocycles. The fraction of sp³-hybridized carbons (Fsp3) is 0.421. The van der Waals surface area contributed by atoms with Gasteiger partial charge < -0.3 is 5.32 Å². The Morgan fingerprint density at radius 3 is 2.62 bits per heavy atom. The SMILES string of the molecule is Cc1ccc(NC2CCC(C)(C)c3ccccc32)c(C)n1. The molecule has 1 aliphatic rings. The number of hydrogen-bond acceptors (Lipinski definition) is 2. The third-order valence-corrected chi connectivity index (χ3v) is 4.68. The maximum Gasteiger partial charge on any atom is 0.0607 e. The average Bonchev–Trinajstić information content (AvgIpc) is 2.45. The first kappa shape index (κ1) is 14.1. The zero-order valence-corrected chi connectivity index (χ0v) is 13.4. The van der Waals surface area contributed by atoms with Crippen LogP contribution in [0.5, 0.6) is 0 Å². The second-order valence-electron chi connectivity index (χ2n) is 6.79. The summed E-state index contributed by atoms with van der Waals surface area (Å²) in [5.41, 5.74) is 6.50.